The SMILES string of the molecule is Cl.O=C(c1ccc(CN2C(=O)CCC2=O)cc1)N1CC[C@@H]2CNC[C@@H]2CC1. The number of halogens is 1. The fourth-order valence-electron chi connectivity index (χ4n) is 4.34. The summed E-state index contributed by atoms with van der Waals surface area (Å²) in [6.45, 7) is 4.09. The van der Waals surface area contributed by atoms with Crippen LogP contribution in [0.4, 0.5) is 0 Å². The van der Waals surface area contributed by atoms with E-state index in [1.165, 1.54) is 4.90 Å². The lowest BCUT2D eigenvalue weighted by Gasteiger charge is -2.21. The molecule has 0 unspecified atom stereocenters. The zero-order valence-corrected chi connectivity index (χ0v) is 16.2. The van der Waals surface area contributed by atoms with Crippen molar-refractivity contribution in [1.29, 1.82) is 0 Å². The van der Waals surface area contributed by atoms with Gasteiger partial charge in [0.05, 0.1) is 6.54 Å². The molecule has 4 rings (SSSR count). The lowest BCUT2D eigenvalue weighted by molar-refractivity contribution is -0.139. The third-order valence-corrected chi connectivity index (χ3v) is 6.00. The molecular weight excluding hydrogens is 366 g/mol. The zero-order valence-electron chi connectivity index (χ0n) is 15.4. The molecule has 3 aliphatic rings. The van der Waals surface area contributed by atoms with Crippen LogP contribution in [0.25, 0.3) is 0 Å². The van der Waals surface area contributed by atoms with Crippen molar-refractivity contribution in [2.45, 2.75) is 32.2 Å². The average molecular weight is 392 g/mol. The second kappa shape index (κ2) is 8.40. The molecule has 0 saturated carbocycles. The van der Waals surface area contributed by atoms with Gasteiger partial charge in [-0.2, -0.15) is 0 Å². The molecule has 146 valence electrons. The normalized spacial score (nSPS) is 25.2. The second-order valence-corrected chi connectivity index (χ2v) is 7.62. The molecule has 3 saturated heterocycles. The predicted molar refractivity (Wildman–Crippen MR) is 103 cm³/mol. The summed E-state index contributed by atoms with van der Waals surface area (Å²) in [5.41, 5.74) is 1.56. The lowest BCUT2D eigenvalue weighted by atomic mass is 9.92. The van der Waals surface area contributed by atoms with Crippen LogP contribution in [-0.2, 0) is 16.1 Å². The summed E-state index contributed by atoms with van der Waals surface area (Å²) in [4.78, 5) is 39.6. The topological polar surface area (TPSA) is 69.7 Å². The zero-order chi connectivity index (χ0) is 18.1. The van der Waals surface area contributed by atoms with Crippen LogP contribution < -0.4 is 5.32 Å². The largest absolute Gasteiger partial charge is 0.339 e. The number of imide groups is 1. The van der Waals surface area contributed by atoms with E-state index in [1.807, 2.05) is 29.2 Å². The highest BCUT2D eigenvalue weighted by Crippen LogP contribution is 2.27. The summed E-state index contributed by atoms with van der Waals surface area (Å²) in [6.07, 6.45) is 2.76. The average Bonchev–Trinajstić information content (AvgIpc) is 3.17. The van der Waals surface area contributed by atoms with Crippen LogP contribution in [0, 0.1) is 11.8 Å². The Labute approximate surface area is 165 Å². The van der Waals surface area contributed by atoms with Crippen LogP contribution in [-0.4, -0.2) is 53.7 Å². The number of amides is 3. The van der Waals surface area contributed by atoms with Gasteiger partial charge in [0.2, 0.25) is 11.8 Å². The minimum absolute atomic E-state index is 0. The van der Waals surface area contributed by atoms with Crippen molar-refractivity contribution in [2.24, 2.45) is 11.8 Å². The van der Waals surface area contributed by atoms with E-state index < -0.39 is 0 Å². The van der Waals surface area contributed by atoms with Crippen molar-refractivity contribution < 1.29 is 14.4 Å². The first kappa shape index (κ1) is 19.8. The molecule has 27 heavy (non-hydrogen) atoms. The van der Waals surface area contributed by atoms with Gasteiger partial charge in [-0.15, -0.1) is 12.4 Å². The summed E-state index contributed by atoms with van der Waals surface area (Å²) < 4.78 is 0. The summed E-state index contributed by atoms with van der Waals surface area (Å²) in [7, 11) is 0. The first-order valence-electron chi connectivity index (χ1n) is 9.54. The van der Waals surface area contributed by atoms with E-state index in [-0.39, 0.29) is 30.1 Å². The summed E-state index contributed by atoms with van der Waals surface area (Å²) in [5, 5.41) is 3.45. The number of nitrogens with one attached hydrogen (secondary N) is 1. The molecule has 3 fully saturated rings. The third-order valence-electron chi connectivity index (χ3n) is 6.00. The van der Waals surface area contributed by atoms with E-state index in [0.29, 0.717) is 36.8 Å². The maximum absolute atomic E-state index is 12.8. The molecule has 2 atom stereocenters. The highest BCUT2D eigenvalue weighted by atomic mass is 35.5. The van der Waals surface area contributed by atoms with E-state index in [0.717, 1.165) is 44.6 Å². The van der Waals surface area contributed by atoms with E-state index >= 15 is 0 Å². The van der Waals surface area contributed by atoms with Gasteiger partial charge in [-0.1, -0.05) is 12.1 Å². The molecule has 0 radical (unpaired) electrons. The molecule has 3 aliphatic heterocycles. The summed E-state index contributed by atoms with van der Waals surface area (Å²) in [6, 6.07) is 7.33. The van der Waals surface area contributed by atoms with Gasteiger partial charge in [0.15, 0.2) is 0 Å². The number of likely N-dealkylation sites (tertiary alicyclic amines) is 2. The van der Waals surface area contributed by atoms with E-state index in [2.05, 4.69) is 5.32 Å². The number of nitrogens with zero attached hydrogens (tertiary/aromatic N) is 2. The number of carbonyl (C=O) groups is 3. The molecule has 1 N–H and O–H groups in total. The van der Waals surface area contributed by atoms with Gasteiger partial charge in [-0.05, 0) is 55.5 Å². The van der Waals surface area contributed by atoms with Gasteiger partial charge in [0.1, 0.15) is 0 Å². The maximum Gasteiger partial charge on any atom is 0.253 e. The first-order chi connectivity index (χ1) is 12.6. The Balaban J connectivity index is 0.00000210. The van der Waals surface area contributed by atoms with Crippen molar-refractivity contribution in [3.05, 3.63) is 35.4 Å². The monoisotopic (exact) mass is 391 g/mol. The number of rotatable bonds is 3. The van der Waals surface area contributed by atoms with Crippen LogP contribution in [0.3, 0.4) is 0 Å². The molecule has 1 aromatic carbocycles. The van der Waals surface area contributed by atoms with Gasteiger partial charge in [-0.3, -0.25) is 19.3 Å². The van der Waals surface area contributed by atoms with Gasteiger partial charge in [-0.25, -0.2) is 0 Å². The third kappa shape index (κ3) is 4.17. The van der Waals surface area contributed by atoms with Gasteiger partial charge < -0.3 is 10.2 Å². The van der Waals surface area contributed by atoms with Crippen molar-refractivity contribution in [3.8, 4) is 0 Å². The van der Waals surface area contributed by atoms with Crippen molar-refractivity contribution in [1.82, 2.24) is 15.1 Å². The summed E-state index contributed by atoms with van der Waals surface area (Å²) >= 11 is 0. The molecule has 0 aromatic heterocycles. The highest BCUT2D eigenvalue weighted by Gasteiger charge is 2.32. The number of benzene rings is 1. The van der Waals surface area contributed by atoms with E-state index in [1.54, 1.807) is 0 Å². The Morgan fingerprint density at radius 2 is 1.52 bits per heavy atom. The molecule has 3 heterocycles. The molecule has 0 aliphatic carbocycles. The Morgan fingerprint density at radius 3 is 2.07 bits per heavy atom. The number of hydrogen-bond acceptors (Lipinski definition) is 4. The number of carbonyl (C=O) groups excluding carboxylic acids is 3. The fraction of sp³-hybridized carbons (Fsp3) is 0.550. The molecule has 3 amide bonds. The molecule has 0 bridgehead atoms. The first-order valence-corrected chi connectivity index (χ1v) is 9.54. The van der Waals surface area contributed by atoms with Crippen LogP contribution in [0.2, 0.25) is 0 Å². The second-order valence-electron chi connectivity index (χ2n) is 7.62. The van der Waals surface area contributed by atoms with Crippen LogP contribution >= 0.6 is 12.4 Å². The van der Waals surface area contributed by atoms with Crippen LogP contribution in [0.15, 0.2) is 24.3 Å². The molecule has 7 heteroatoms. The Morgan fingerprint density at radius 1 is 0.963 bits per heavy atom. The van der Waals surface area contributed by atoms with E-state index in [9.17, 15) is 14.4 Å². The van der Waals surface area contributed by atoms with Crippen LogP contribution in [0.1, 0.15) is 41.6 Å². The minimum atomic E-state index is -0.111. The highest BCUT2D eigenvalue weighted by molar-refractivity contribution is 6.01. The molecular formula is C20H26ClN3O3. The molecule has 1 aromatic rings. The Kier molecular flexibility index (Phi) is 6.17. The van der Waals surface area contributed by atoms with Crippen LogP contribution in [0.5, 0.6) is 0 Å². The van der Waals surface area contributed by atoms with Gasteiger partial charge in [0.25, 0.3) is 5.91 Å². The van der Waals surface area contributed by atoms with Gasteiger partial charge in [0, 0.05) is 31.5 Å². The molecule has 0 spiro atoms. The van der Waals surface area contributed by atoms with Gasteiger partial charge >= 0.3 is 0 Å². The molecule has 6 nitrogen and oxygen atoms in total. The van der Waals surface area contributed by atoms with E-state index in [4.69, 9.17) is 0 Å². The Bertz CT molecular complexity index is 692. The lowest BCUT2D eigenvalue weighted by Crippen LogP contribution is -2.32. The van der Waals surface area contributed by atoms with Crippen molar-refractivity contribution in [3.63, 3.8) is 0 Å². The Hall–Kier alpha value is -1.92. The van der Waals surface area contributed by atoms with Crippen molar-refractivity contribution in [2.75, 3.05) is 26.2 Å². The fourth-order valence-corrected chi connectivity index (χ4v) is 4.34. The summed E-state index contributed by atoms with van der Waals surface area (Å²) in [5.74, 6) is 1.26. The number of fused-ring (bicyclic) bond motifs is 1. The quantitative estimate of drug-likeness (QED) is 0.798. The number of hydrogen-bond donors (Lipinski definition) is 1. The maximum atomic E-state index is 12.8. The standard InChI is InChI=1S/C20H25N3O3.ClH/c24-18-5-6-19(25)23(18)13-14-1-3-15(4-2-14)20(26)22-9-7-16-11-21-12-17(16)8-10-22;/h1-4,16-17,21H,5-13H2;1H/t16-,17+;. The predicted octanol–water partition coefficient (Wildman–Crippen LogP) is 1.83. The minimum Gasteiger partial charge on any atom is -0.339 e. The van der Waals surface area contributed by atoms with Crippen molar-refractivity contribution >= 4 is 30.1 Å². The smallest absolute Gasteiger partial charge is 0.253 e.